The van der Waals surface area contributed by atoms with Gasteiger partial charge < -0.3 is 19.7 Å². The van der Waals surface area contributed by atoms with E-state index in [9.17, 15) is 19.8 Å². The molecule has 0 bridgehead atoms. The van der Waals surface area contributed by atoms with Crippen molar-refractivity contribution in [2.24, 2.45) is 5.41 Å². The first kappa shape index (κ1) is 18.4. The minimum absolute atomic E-state index is 0.0505. The Morgan fingerprint density at radius 1 is 1.31 bits per heavy atom. The number of benzene rings is 1. The number of hydrogen-bond donors (Lipinski definition) is 2. The summed E-state index contributed by atoms with van der Waals surface area (Å²) in [6.07, 6.45) is 2.10. The molecule has 0 spiro atoms. The van der Waals surface area contributed by atoms with Gasteiger partial charge in [-0.05, 0) is 31.4 Å². The lowest BCUT2D eigenvalue weighted by Gasteiger charge is -2.39. The van der Waals surface area contributed by atoms with Gasteiger partial charge in [0.1, 0.15) is 12.4 Å². The van der Waals surface area contributed by atoms with E-state index in [0.29, 0.717) is 38.2 Å². The van der Waals surface area contributed by atoms with Crippen LogP contribution in [-0.2, 0) is 22.7 Å². The maximum absolute atomic E-state index is 12.7. The minimum atomic E-state index is -0.828. The third kappa shape index (κ3) is 3.31. The third-order valence-corrected chi connectivity index (χ3v) is 5.48. The molecule has 0 radical (unpaired) electrons. The van der Waals surface area contributed by atoms with Gasteiger partial charge in [-0.3, -0.25) is 9.59 Å². The Labute approximate surface area is 152 Å². The Balaban J connectivity index is 1.72. The molecule has 2 N–H and O–H groups in total. The lowest BCUT2D eigenvalue weighted by molar-refractivity contribution is -0.155. The Hall–Kier alpha value is -2.41. The molecule has 2 heterocycles. The van der Waals surface area contributed by atoms with Crippen LogP contribution in [0.25, 0.3) is 11.0 Å². The first-order valence-corrected chi connectivity index (χ1v) is 9.07. The summed E-state index contributed by atoms with van der Waals surface area (Å²) >= 11 is 0. The number of carbonyl (C=O) groups is 2. The number of aliphatic hydroxyl groups is 1. The van der Waals surface area contributed by atoms with E-state index in [1.807, 2.05) is 35.8 Å². The van der Waals surface area contributed by atoms with Crippen molar-refractivity contribution in [3.05, 3.63) is 30.1 Å². The predicted molar refractivity (Wildman–Crippen MR) is 96.4 cm³/mol. The number of imidazole rings is 1. The summed E-state index contributed by atoms with van der Waals surface area (Å²) in [4.78, 5) is 30.4. The number of rotatable bonds is 6. The highest BCUT2D eigenvalue weighted by atomic mass is 16.4. The molecule has 0 aliphatic carbocycles. The summed E-state index contributed by atoms with van der Waals surface area (Å²) in [6, 6.07) is 7.58. The summed E-state index contributed by atoms with van der Waals surface area (Å²) in [5, 5.41) is 19.1. The van der Waals surface area contributed by atoms with Gasteiger partial charge in [-0.2, -0.15) is 0 Å². The summed E-state index contributed by atoms with van der Waals surface area (Å²) in [5.41, 5.74) is 0.848. The fourth-order valence-corrected chi connectivity index (χ4v) is 3.82. The van der Waals surface area contributed by atoms with Crippen LogP contribution in [0.2, 0.25) is 0 Å². The summed E-state index contributed by atoms with van der Waals surface area (Å²) in [5.74, 6) is -0.336. The number of carboxylic acid groups (broad SMARTS) is 1. The van der Waals surface area contributed by atoms with E-state index in [0.717, 1.165) is 11.0 Å². The molecule has 0 saturated carbocycles. The van der Waals surface area contributed by atoms with Gasteiger partial charge in [-0.1, -0.05) is 19.1 Å². The average molecular weight is 359 g/mol. The van der Waals surface area contributed by atoms with E-state index in [-0.39, 0.29) is 25.5 Å². The highest BCUT2D eigenvalue weighted by Gasteiger charge is 2.41. The second-order valence-electron chi connectivity index (χ2n) is 6.93. The number of amides is 1. The second kappa shape index (κ2) is 7.45. The Morgan fingerprint density at radius 2 is 2.08 bits per heavy atom. The molecule has 7 heteroatoms. The van der Waals surface area contributed by atoms with E-state index in [1.54, 1.807) is 4.90 Å². The molecule has 1 aromatic carbocycles. The van der Waals surface area contributed by atoms with Gasteiger partial charge in [0.05, 0.1) is 16.4 Å². The zero-order valence-corrected chi connectivity index (χ0v) is 15.0. The Bertz CT molecular complexity index is 816. The van der Waals surface area contributed by atoms with Crippen molar-refractivity contribution in [1.82, 2.24) is 14.5 Å². The van der Waals surface area contributed by atoms with Gasteiger partial charge in [-0.15, -0.1) is 0 Å². The fourth-order valence-electron chi connectivity index (χ4n) is 3.82. The monoisotopic (exact) mass is 359 g/mol. The van der Waals surface area contributed by atoms with Crippen molar-refractivity contribution in [3.8, 4) is 0 Å². The number of hydrogen-bond acceptors (Lipinski definition) is 4. The smallest absolute Gasteiger partial charge is 0.311 e. The van der Waals surface area contributed by atoms with Crippen LogP contribution in [0.4, 0.5) is 0 Å². The minimum Gasteiger partial charge on any atom is -0.481 e. The van der Waals surface area contributed by atoms with E-state index in [4.69, 9.17) is 0 Å². The van der Waals surface area contributed by atoms with Gasteiger partial charge in [0, 0.05) is 26.1 Å². The molecule has 1 unspecified atom stereocenters. The first-order chi connectivity index (χ1) is 12.5. The SMILES string of the molecule is CCC1(C(=O)O)CCCN(C(=O)CCn2c(CO)nc3ccccc32)C1. The number of carboxylic acids is 1. The van der Waals surface area contributed by atoms with Crippen molar-refractivity contribution in [2.75, 3.05) is 13.1 Å². The molecule has 1 aromatic heterocycles. The van der Waals surface area contributed by atoms with Crippen molar-refractivity contribution in [2.45, 2.75) is 45.8 Å². The molecular formula is C19H25N3O4. The standard InChI is InChI=1S/C19H25N3O4/c1-2-19(18(25)26)9-5-10-21(13-19)17(24)8-11-22-15-7-4-3-6-14(15)20-16(22)12-23/h3-4,6-7,23H,2,5,8-13H2,1H3,(H,25,26). The first-order valence-electron chi connectivity index (χ1n) is 9.07. The van der Waals surface area contributed by atoms with E-state index >= 15 is 0 Å². The molecular weight excluding hydrogens is 334 g/mol. The molecule has 140 valence electrons. The van der Waals surface area contributed by atoms with Crippen LogP contribution in [-0.4, -0.2) is 49.6 Å². The van der Waals surface area contributed by atoms with Crippen LogP contribution in [0.1, 0.15) is 38.4 Å². The van der Waals surface area contributed by atoms with Crippen LogP contribution in [0, 0.1) is 5.41 Å². The van der Waals surface area contributed by atoms with Crippen LogP contribution >= 0.6 is 0 Å². The molecule has 26 heavy (non-hydrogen) atoms. The summed E-state index contributed by atoms with van der Waals surface area (Å²) in [6.45, 7) is 2.97. The van der Waals surface area contributed by atoms with Crippen molar-refractivity contribution in [3.63, 3.8) is 0 Å². The number of fused-ring (bicyclic) bond motifs is 1. The van der Waals surface area contributed by atoms with E-state index < -0.39 is 11.4 Å². The normalized spacial score (nSPS) is 20.5. The van der Waals surface area contributed by atoms with Gasteiger partial charge >= 0.3 is 5.97 Å². The Morgan fingerprint density at radius 3 is 2.77 bits per heavy atom. The number of aliphatic hydroxyl groups excluding tert-OH is 1. The van der Waals surface area contributed by atoms with E-state index in [1.165, 1.54) is 0 Å². The van der Waals surface area contributed by atoms with Crippen LogP contribution in [0.15, 0.2) is 24.3 Å². The number of nitrogens with zero attached hydrogens (tertiary/aromatic N) is 3. The summed E-state index contributed by atoms with van der Waals surface area (Å²) in [7, 11) is 0. The zero-order chi connectivity index (χ0) is 18.7. The maximum Gasteiger partial charge on any atom is 0.311 e. The van der Waals surface area contributed by atoms with Gasteiger partial charge in [-0.25, -0.2) is 4.98 Å². The van der Waals surface area contributed by atoms with Gasteiger partial charge in [0.25, 0.3) is 0 Å². The van der Waals surface area contributed by atoms with Gasteiger partial charge in [0.2, 0.25) is 5.91 Å². The molecule has 3 rings (SSSR count). The molecule has 7 nitrogen and oxygen atoms in total. The van der Waals surface area contributed by atoms with Crippen LogP contribution in [0.3, 0.4) is 0 Å². The van der Waals surface area contributed by atoms with Crippen LogP contribution < -0.4 is 0 Å². The molecule has 1 aliphatic heterocycles. The number of aryl methyl sites for hydroxylation is 1. The number of likely N-dealkylation sites (tertiary alicyclic amines) is 1. The lowest BCUT2D eigenvalue weighted by atomic mass is 9.77. The van der Waals surface area contributed by atoms with Crippen LogP contribution in [0.5, 0.6) is 0 Å². The molecule has 1 aliphatic rings. The molecule has 1 fully saturated rings. The molecule has 1 amide bonds. The maximum atomic E-state index is 12.7. The lowest BCUT2D eigenvalue weighted by Crippen LogP contribution is -2.49. The zero-order valence-electron chi connectivity index (χ0n) is 15.0. The van der Waals surface area contributed by atoms with E-state index in [2.05, 4.69) is 4.98 Å². The van der Waals surface area contributed by atoms with Gasteiger partial charge in [0.15, 0.2) is 0 Å². The molecule has 1 saturated heterocycles. The molecule has 2 aromatic rings. The topological polar surface area (TPSA) is 95.7 Å². The number of aromatic nitrogens is 2. The van der Waals surface area contributed by atoms with Crippen molar-refractivity contribution in [1.29, 1.82) is 0 Å². The molecule has 1 atom stereocenters. The highest BCUT2D eigenvalue weighted by Crippen LogP contribution is 2.34. The average Bonchev–Trinajstić information content (AvgIpc) is 3.03. The van der Waals surface area contributed by atoms with Crippen molar-refractivity contribution >= 4 is 22.9 Å². The largest absolute Gasteiger partial charge is 0.481 e. The second-order valence-corrected chi connectivity index (χ2v) is 6.93. The van der Waals surface area contributed by atoms with Crippen molar-refractivity contribution < 1.29 is 19.8 Å². The third-order valence-electron chi connectivity index (χ3n) is 5.48. The predicted octanol–water partition coefficient (Wildman–Crippen LogP) is 2.02. The highest BCUT2D eigenvalue weighted by molar-refractivity contribution is 5.80. The number of aliphatic carboxylic acids is 1. The summed E-state index contributed by atoms with van der Waals surface area (Å²) < 4.78 is 1.86. The Kier molecular flexibility index (Phi) is 5.27. The number of carbonyl (C=O) groups excluding carboxylic acids is 1. The number of piperidine rings is 1. The number of para-hydroxylation sites is 2. The quantitative estimate of drug-likeness (QED) is 0.823. The fraction of sp³-hybridized carbons (Fsp3) is 0.526.